The van der Waals surface area contributed by atoms with Crippen molar-refractivity contribution in [2.45, 2.75) is 75.7 Å². The summed E-state index contributed by atoms with van der Waals surface area (Å²) in [6.07, 6.45) is 3.99. The van der Waals surface area contributed by atoms with Gasteiger partial charge in [-0.1, -0.05) is 67.5 Å². The highest BCUT2D eigenvalue weighted by Crippen LogP contribution is 2.24. The Balaban J connectivity index is -0.000000695. The number of hydrogen-bond donors (Lipinski definition) is 1. The fourth-order valence-electron chi connectivity index (χ4n) is 1.90. The van der Waals surface area contributed by atoms with Gasteiger partial charge in [-0.15, -0.1) is 0 Å². The van der Waals surface area contributed by atoms with Crippen molar-refractivity contribution < 1.29 is 22.4 Å². The number of hydrogen-bond acceptors (Lipinski definition) is 1. The zero-order valence-electron chi connectivity index (χ0n) is 18.8. The molecule has 0 aromatic heterocycles. The summed E-state index contributed by atoms with van der Waals surface area (Å²) in [5, 5.41) is 2.24. The monoisotopic (exact) mass is 405 g/mol. The average Bonchev–Trinajstić information content (AvgIpc) is 3.15. The lowest BCUT2D eigenvalue weighted by Crippen LogP contribution is -2.26. The second-order valence-electron chi connectivity index (χ2n) is 4.45. The number of carbonyl (C=O) groups excluding carboxylic acids is 1. The fourth-order valence-corrected chi connectivity index (χ4v) is 1.90. The van der Waals surface area contributed by atoms with Crippen LogP contribution in [0.3, 0.4) is 0 Å². The van der Waals surface area contributed by atoms with Gasteiger partial charge in [0.1, 0.15) is 5.56 Å². The molecule has 0 saturated heterocycles. The predicted molar refractivity (Wildman–Crippen MR) is 110 cm³/mol. The second kappa shape index (κ2) is 17.0. The molecule has 6 heteroatoms. The molecule has 0 radical (unpaired) electrons. The lowest BCUT2D eigenvalue weighted by molar-refractivity contribution is 0.0955. The third-order valence-electron chi connectivity index (χ3n) is 3.13. The number of allylic oxidation sites excluding steroid dienone is 3. The zero-order valence-corrected chi connectivity index (χ0v) is 18.8. The van der Waals surface area contributed by atoms with Crippen molar-refractivity contribution in [3.8, 4) is 0 Å². The summed E-state index contributed by atoms with van der Waals surface area (Å²) in [6, 6.07) is 0. The summed E-state index contributed by atoms with van der Waals surface area (Å²) >= 11 is 0. The van der Waals surface area contributed by atoms with Crippen molar-refractivity contribution in [1.29, 1.82) is 0 Å². The van der Waals surface area contributed by atoms with Crippen LogP contribution in [0.15, 0.2) is 23.4 Å². The molecule has 1 N–H and O–H groups in total. The molecule has 0 saturated carbocycles. The van der Waals surface area contributed by atoms with Crippen LogP contribution in [0.1, 0.15) is 84.7 Å². The Morgan fingerprint density at radius 3 is 1.46 bits per heavy atom. The Labute approximate surface area is 167 Å². The first-order valence-electron chi connectivity index (χ1n) is 9.85. The molecule has 0 atom stereocenters. The molecular weight excluding hydrogens is 370 g/mol. The summed E-state index contributed by atoms with van der Waals surface area (Å²) in [5.41, 5.74) is -0.971. The molecule has 0 unspecified atom stereocenters. The van der Waals surface area contributed by atoms with E-state index in [4.69, 9.17) is 0 Å². The van der Waals surface area contributed by atoms with Crippen molar-refractivity contribution in [1.82, 2.24) is 5.32 Å². The highest BCUT2D eigenvalue weighted by Gasteiger charge is 2.28. The van der Waals surface area contributed by atoms with Crippen LogP contribution >= 0.6 is 0 Å². The van der Waals surface area contributed by atoms with Crippen LogP contribution in [0, 0.1) is 30.2 Å². The number of carbonyl (C=O) groups is 1. The smallest absolute Gasteiger partial charge is 0.261 e. The van der Waals surface area contributed by atoms with E-state index in [2.05, 4.69) is 5.32 Å². The Kier molecular flexibility index (Phi) is 18.6. The standard InChI is InChI=1S/C14H11F4NO.4C2H6/c1-6-4-3-5-8(6)19-14(20)9-12(17)10(15)7(2)11(16)13(9)18;4*1-2/h4-5H,3H2,1-2H3,(H,19,20);4*1-2H3. The maximum atomic E-state index is 13.6. The molecule has 28 heavy (non-hydrogen) atoms. The zero-order chi connectivity index (χ0) is 23.0. The molecule has 2 rings (SSSR count). The number of rotatable bonds is 2. The molecular formula is C22H35F4NO. The van der Waals surface area contributed by atoms with Gasteiger partial charge in [0, 0.05) is 11.3 Å². The van der Waals surface area contributed by atoms with E-state index in [1.54, 1.807) is 19.1 Å². The number of amides is 1. The van der Waals surface area contributed by atoms with Crippen molar-refractivity contribution >= 4 is 5.91 Å². The highest BCUT2D eigenvalue weighted by molar-refractivity contribution is 5.96. The van der Waals surface area contributed by atoms with Crippen LogP contribution in [0.5, 0.6) is 0 Å². The number of halogens is 4. The van der Waals surface area contributed by atoms with Gasteiger partial charge < -0.3 is 5.32 Å². The SMILES string of the molecule is CC.CC.CC.CC.CC1=CCC=C1NC(=O)c1c(F)c(F)c(C)c(F)c1F. The first kappa shape index (κ1) is 30.6. The van der Waals surface area contributed by atoms with Gasteiger partial charge in [0.25, 0.3) is 5.91 Å². The lowest BCUT2D eigenvalue weighted by Gasteiger charge is -2.11. The van der Waals surface area contributed by atoms with Crippen molar-refractivity contribution in [2.24, 2.45) is 0 Å². The first-order valence-corrected chi connectivity index (χ1v) is 9.85. The Hall–Kier alpha value is -2.11. The first-order chi connectivity index (χ1) is 13.3. The van der Waals surface area contributed by atoms with E-state index in [0.717, 1.165) is 6.92 Å². The van der Waals surface area contributed by atoms with Crippen LogP contribution in [-0.4, -0.2) is 5.91 Å². The molecule has 1 aromatic carbocycles. The average molecular weight is 406 g/mol. The largest absolute Gasteiger partial charge is 0.322 e. The van der Waals surface area contributed by atoms with E-state index in [0.29, 0.717) is 17.7 Å². The van der Waals surface area contributed by atoms with Crippen LogP contribution in [0.2, 0.25) is 0 Å². The number of benzene rings is 1. The molecule has 0 fully saturated rings. The molecule has 162 valence electrons. The van der Waals surface area contributed by atoms with Crippen molar-refractivity contribution in [2.75, 3.05) is 0 Å². The predicted octanol–water partition coefficient (Wildman–Crippen LogP) is 7.62. The molecule has 0 bridgehead atoms. The number of nitrogens with one attached hydrogen (secondary N) is 1. The van der Waals surface area contributed by atoms with Crippen molar-refractivity contribution in [3.05, 3.63) is 57.8 Å². The Morgan fingerprint density at radius 2 is 1.14 bits per heavy atom. The Bertz CT molecular complexity index is 636. The van der Waals surface area contributed by atoms with Gasteiger partial charge in [0.05, 0.1) is 0 Å². The molecule has 1 aromatic rings. The van der Waals surface area contributed by atoms with E-state index in [1.165, 1.54) is 0 Å². The summed E-state index contributed by atoms with van der Waals surface area (Å²) in [6.45, 7) is 18.6. The van der Waals surface area contributed by atoms with E-state index < -0.39 is 40.3 Å². The molecule has 0 spiro atoms. The maximum Gasteiger partial charge on any atom is 0.261 e. The summed E-state index contributed by atoms with van der Waals surface area (Å²) in [5.74, 6) is -7.75. The third-order valence-corrected chi connectivity index (χ3v) is 3.13. The van der Waals surface area contributed by atoms with E-state index in [9.17, 15) is 22.4 Å². The minimum Gasteiger partial charge on any atom is -0.322 e. The molecule has 0 aliphatic heterocycles. The third kappa shape index (κ3) is 7.87. The normalized spacial score (nSPS) is 10.9. The van der Waals surface area contributed by atoms with Crippen LogP contribution in [0.25, 0.3) is 0 Å². The van der Waals surface area contributed by atoms with E-state index in [-0.39, 0.29) is 0 Å². The topological polar surface area (TPSA) is 29.1 Å². The lowest BCUT2D eigenvalue weighted by atomic mass is 10.1. The van der Waals surface area contributed by atoms with Gasteiger partial charge in [-0.25, -0.2) is 17.6 Å². The molecule has 1 aliphatic carbocycles. The quantitative estimate of drug-likeness (QED) is 0.398. The molecule has 1 aliphatic rings. The van der Waals surface area contributed by atoms with E-state index in [1.807, 2.05) is 55.4 Å². The fraction of sp³-hybridized carbons (Fsp3) is 0.500. The van der Waals surface area contributed by atoms with Gasteiger partial charge in [0.15, 0.2) is 23.3 Å². The minimum absolute atomic E-state index is 0.371. The Morgan fingerprint density at radius 1 is 0.750 bits per heavy atom. The van der Waals surface area contributed by atoms with Crippen molar-refractivity contribution in [3.63, 3.8) is 0 Å². The van der Waals surface area contributed by atoms with Gasteiger partial charge >= 0.3 is 0 Å². The van der Waals surface area contributed by atoms with Crippen LogP contribution < -0.4 is 5.32 Å². The molecule has 1 amide bonds. The summed E-state index contributed by atoms with van der Waals surface area (Å²) in [4.78, 5) is 11.8. The molecule has 0 heterocycles. The minimum atomic E-state index is -1.70. The van der Waals surface area contributed by atoms with Crippen LogP contribution in [-0.2, 0) is 0 Å². The van der Waals surface area contributed by atoms with Gasteiger partial charge in [-0.05, 0) is 25.8 Å². The van der Waals surface area contributed by atoms with E-state index >= 15 is 0 Å². The van der Waals surface area contributed by atoms with Gasteiger partial charge in [-0.2, -0.15) is 0 Å². The summed E-state index contributed by atoms with van der Waals surface area (Å²) in [7, 11) is 0. The van der Waals surface area contributed by atoms with Gasteiger partial charge in [-0.3, -0.25) is 4.79 Å². The highest BCUT2D eigenvalue weighted by atomic mass is 19.2. The van der Waals surface area contributed by atoms with Crippen LogP contribution in [0.4, 0.5) is 17.6 Å². The van der Waals surface area contributed by atoms with Gasteiger partial charge in [0.2, 0.25) is 0 Å². The molecule has 2 nitrogen and oxygen atoms in total. The summed E-state index contributed by atoms with van der Waals surface area (Å²) < 4.78 is 54.1. The second-order valence-corrected chi connectivity index (χ2v) is 4.45. The maximum absolute atomic E-state index is 13.6.